The lowest BCUT2D eigenvalue weighted by molar-refractivity contribution is 0.617. The summed E-state index contributed by atoms with van der Waals surface area (Å²) in [6.07, 6.45) is 8.59. The molecule has 0 radical (unpaired) electrons. The minimum absolute atomic E-state index is 0.0970. The van der Waals surface area contributed by atoms with Gasteiger partial charge >= 0.3 is 0 Å². The summed E-state index contributed by atoms with van der Waals surface area (Å²) >= 11 is 5.75. The Morgan fingerprint density at radius 2 is 1.39 bits per heavy atom. The molecule has 36 heavy (non-hydrogen) atoms. The van der Waals surface area contributed by atoms with Gasteiger partial charge in [-0.05, 0) is 84.2 Å². The van der Waals surface area contributed by atoms with E-state index in [1.54, 1.807) is 12.1 Å². The zero-order chi connectivity index (χ0) is 25.3. The summed E-state index contributed by atoms with van der Waals surface area (Å²) < 4.78 is 28.8. The molecule has 184 valence electrons. The number of hydrogen-bond acceptors (Lipinski definition) is 0. The van der Waals surface area contributed by atoms with Gasteiger partial charge in [0.25, 0.3) is 0 Å². The number of halogens is 3. The second kappa shape index (κ2) is 12.7. The molecule has 4 aromatic carbocycles. The van der Waals surface area contributed by atoms with Crippen LogP contribution in [0.15, 0.2) is 72.8 Å². The standard InChI is InChI=1S/C33H31ClF2/c1-2-3-4-5-6-7-24-8-10-25(11-9-24)12-13-26-15-20-30-29(22-26)19-18-28(33(30)36)17-14-27-16-21-31(34)32(35)23-27/h8-11,15-16,18-23H,2-7,14,17H2,1H3. The highest BCUT2D eigenvalue weighted by atomic mass is 35.5. The van der Waals surface area contributed by atoms with Crippen molar-refractivity contribution in [2.45, 2.75) is 58.3 Å². The molecule has 3 heteroatoms. The fourth-order valence-corrected chi connectivity index (χ4v) is 4.53. The van der Waals surface area contributed by atoms with Gasteiger partial charge in [0.2, 0.25) is 0 Å². The van der Waals surface area contributed by atoms with Crippen LogP contribution in [0.4, 0.5) is 8.78 Å². The van der Waals surface area contributed by atoms with Gasteiger partial charge in [0.1, 0.15) is 11.6 Å². The maximum atomic E-state index is 15.2. The van der Waals surface area contributed by atoms with Gasteiger partial charge in [-0.2, -0.15) is 0 Å². The lowest BCUT2D eigenvalue weighted by Crippen LogP contribution is -1.97. The Hall–Kier alpha value is -3.15. The number of benzene rings is 4. The van der Waals surface area contributed by atoms with E-state index in [4.69, 9.17) is 11.6 Å². The zero-order valence-corrected chi connectivity index (χ0v) is 21.5. The van der Waals surface area contributed by atoms with Crippen LogP contribution in [0.5, 0.6) is 0 Å². The second-order valence-corrected chi connectivity index (χ2v) is 9.74. The van der Waals surface area contributed by atoms with Crippen LogP contribution in [0.25, 0.3) is 10.8 Å². The van der Waals surface area contributed by atoms with E-state index in [1.807, 2.05) is 24.3 Å². The third-order valence-corrected chi connectivity index (χ3v) is 6.88. The van der Waals surface area contributed by atoms with Gasteiger partial charge in [0, 0.05) is 16.5 Å². The molecule has 0 nitrogen and oxygen atoms in total. The predicted octanol–water partition coefficient (Wildman–Crippen LogP) is 9.47. The van der Waals surface area contributed by atoms with E-state index >= 15 is 4.39 Å². The molecule has 4 rings (SSSR count). The van der Waals surface area contributed by atoms with E-state index < -0.39 is 5.82 Å². The van der Waals surface area contributed by atoms with Gasteiger partial charge in [-0.15, -0.1) is 0 Å². The molecule has 0 heterocycles. The van der Waals surface area contributed by atoms with Gasteiger partial charge in [-0.25, -0.2) is 8.78 Å². The van der Waals surface area contributed by atoms with Crippen LogP contribution < -0.4 is 0 Å². The summed E-state index contributed by atoms with van der Waals surface area (Å²) in [5, 5.41) is 1.49. The van der Waals surface area contributed by atoms with Crippen LogP contribution in [-0.4, -0.2) is 0 Å². The summed E-state index contributed by atoms with van der Waals surface area (Å²) in [6.45, 7) is 2.24. The average Bonchev–Trinajstić information content (AvgIpc) is 2.89. The molecule has 0 aliphatic carbocycles. The van der Waals surface area contributed by atoms with Crippen molar-refractivity contribution < 1.29 is 8.78 Å². The number of unbranched alkanes of at least 4 members (excludes halogenated alkanes) is 4. The van der Waals surface area contributed by atoms with Crippen LogP contribution >= 0.6 is 11.6 Å². The first-order valence-electron chi connectivity index (χ1n) is 12.8. The zero-order valence-electron chi connectivity index (χ0n) is 20.7. The van der Waals surface area contributed by atoms with E-state index in [2.05, 4.69) is 43.0 Å². The summed E-state index contributed by atoms with van der Waals surface area (Å²) in [5.41, 5.74) is 4.59. The Morgan fingerprint density at radius 3 is 2.17 bits per heavy atom. The lowest BCUT2D eigenvalue weighted by Gasteiger charge is -2.08. The van der Waals surface area contributed by atoms with E-state index in [1.165, 1.54) is 49.8 Å². The van der Waals surface area contributed by atoms with Gasteiger partial charge in [0.15, 0.2) is 0 Å². The molecule has 0 bridgehead atoms. The second-order valence-electron chi connectivity index (χ2n) is 9.33. The van der Waals surface area contributed by atoms with Crippen LogP contribution in [0.3, 0.4) is 0 Å². The largest absolute Gasteiger partial charge is 0.206 e. The Bertz CT molecular complexity index is 1380. The SMILES string of the molecule is CCCCCCCc1ccc(C#Cc2ccc3c(F)c(CCc4ccc(Cl)c(F)c4)ccc3c2)cc1. The highest BCUT2D eigenvalue weighted by molar-refractivity contribution is 6.30. The topological polar surface area (TPSA) is 0 Å². The van der Waals surface area contributed by atoms with Crippen molar-refractivity contribution in [2.75, 3.05) is 0 Å². The molecule has 0 aliphatic heterocycles. The molecule has 0 unspecified atom stereocenters. The first-order chi connectivity index (χ1) is 17.5. The molecule has 0 aliphatic rings. The quantitative estimate of drug-likeness (QED) is 0.158. The Balaban J connectivity index is 1.40. The summed E-state index contributed by atoms with van der Waals surface area (Å²) in [4.78, 5) is 0. The number of fused-ring (bicyclic) bond motifs is 1. The van der Waals surface area contributed by atoms with Gasteiger partial charge in [-0.3, -0.25) is 0 Å². The van der Waals surface area contributed by atoms with Crippen molar-refractivity contribution in [3.05, 3.63) is 117 Å². The highest BCUT2D eigenvalue weighted by Crippen LogP contribution is 2.24. The van der Waals surface area contributed by atoms with Crippen LogP contribution in [0.1, 0.15) is 66.8 Å². The van der Waals surface area contributed by atoms with Crippen molar-refractivity contribution >= 4 is 22.4 Å². The van der Waals surface area contributed by atoms with Gasteiger partial charge in [-0.1, -0.05) is 92.4 Å². The van der Waals surface area contributed by atoms with Gasteiger partial charge in [0.05, 0.1) is 5.02 Å². The highest BCUT2D eigenvalue weighted by Gasteiger charge is 2.09. The molecular formula is C33H31ClF2. The molecular weight excluding hydrogens is 470 g/mol. The molecule has 0 aromatic heterocycles. The Morgan fingerprint density at radius 1 is 0.667 bits per heavy atom. The number of hydrogen-bond donors (Lipinski definition) is 0. The first kappa shape index (κ1) is 25.9. The summed E-state index contributed by atoms with van der Waals surface area (Å²) in [7, 11) is 0. The molecule has 0 amide bonds. The third-order valence-electron chi connectivity index (χ3n) is 6.58. The van der Waals surface area contributed by atoms with Crippen LogP contribution in [-0.2, 0) is 19.3 Å². The van der Waals surface area contributed by atoms with Crippen molar-refractivity contribution in [1.29, 1.82) is 0 Å². The van der Waals surface area contributed by atoms with Crippen molar-refractivity contribution in [1.82, 2.24) is 0 Å². The van der Waals surface area contributed by atoms with Crippen molar-refractivity contribution in [2.24, 2.45) is 0 Å². The first-order valence-corrected chi connectivity index (χ1v) is 13.2. The minimum atomic E-state index is -0.449. The van der Waals surface area contributed by atoms with Gasteiger partial charge < -0.3 is 0 Å². The molecule has 4 aromatic rings. The fraction of sp³-hybridized carbons (Fsp3) is 0.273. The predicted molar refractivity (Wildman–Crippen MR) is 148 cm³/mol. The van der Waals surface area contributed by atoms with E-state index in [0.29, 0.717) is 23.8 Å². The maximum absolute atomic E-state index is 15.2. The summed E-state index contributed by atoms with van der Waals surface area (Å²) in [5.74, 6) is 5.76. The average molecular weight is 501 g/mol. The normalized spacial score (nSPS) is 10.9. The van der Waals surface area contributed by atoms with Crippen molar-refractivity contribution in [3.8, 4) is 11.8 Å². The molecule has 0 fully saturated rings. The van der Waals surface area contributed by atoms with Crippen LogP contribution in [0, 0.1) is 23.5 Å². The van der Waals surface area contributed by atoms with Crippen LogP contribution in [0.2, 0.25) is 5.02 Å². The van der Waals surface area contributed by atoms with E-state index in [0.717, 1.165) is 28.5 Å². The Labute approximate surface area is 218 Å². The number of rotatable bonds is 9. The molecule has 0 atom stereocenters. The minimum Gasteiger partial charge on any atom is -0.206 e. The molecule has 0 spiro atoms. The number of aryl methyl sites for hydroxylation is 3. The molecule has 0 saturated carbocycles. The molecule has 0 N–H and O–H groups in total. The van der Waals surface area contributed by atoms with E-state index in [9.17, 15) is 4.39 Å². The smallest absolute Gasteiger partial charge is 0.142 e. The summed E-state index contributed by atoms with van der Waals surface area (Å²) in [6, 6.07) is 22.5. The third kappa shape index (κ3) is 6.96. The monoisotopic (exact) mass is 500 g/mol. The molecule has 0 saturated heterocycles. The fourth-order valence-electron chi connectivity index (χ4n) is 4.41. The lowest BCUT2D eigenvalue weighted by atomic mass is 9.99. The van der Waals surface area contributed by atoms with E-state index in [-0.39, 0.29) is 10.8 Å². The Kier molecular flexibility index (Phi) is 9.15. The van der Waals surface area contributed by atoms with Crippen molar-refractivity contribution in [3.63, 3.8) is 0 Å². The maximum Gasteiger partial charge on any atom is 0.142 e.